The van der Waals surface area contributed by atoms with Gasteiger partial charge in [0.1, 0.15) is 6.61 Å². The van der Waals surface area contributed by atoms with E-state index in [1.54, 1.807) is 4.90 Å². The number of amides is 1. The van der Waals surface area contributed by atoms with Crippen molar-refractivity contribution >= 4 is 11.9 Å². The maximum atomic E-state index is 13.0. The second-order valence-corrected chi connectivity index (χ2v) is 7.68. The summed E-state index contributed by atoms with van der Waals surface area (Å²) < 4.78 is 5.41. The Morgan fingerprint density at radius 2 is 1.55 bits per heavy atom. The normalized spacial score (nSPS) is 15.5. The summed E-state index contributed by atoms with van der Waals surface area (Å²) in [5.41, 5.74) is 3.44. The SMILES string of the molecule is O=C(c1ccccc1)c1ccccc1C[C@H]1C=CN(C(=O)OCc2ccccc2)CC1. The Labute approximate surface area is 182 Å². The lowest BCUT2D eigenvalue weighted by Crippen LogP contribution is -2.31. The van der Waals surface area contributed by atoms with Crippen LogP contribution in [-0.4, -0.2) is 23.3 Å². The van der Waals surface area contributed by atoms with Crippen molar-refractivity contribution < 1.29 is 14.3 Å². The molecular weight excluding hydrogens is 386 g/mol. The predicted octanol–water partition coefficient (Wildman–Crippen LogP) is 5.63. The summed E-state index contributed by atoms with van der Waals surface area (Å²) in [6.07, 6.45) is 5.10. The van der Waals surface area contributed by atoms with Gasteiger partial charge >= 0.3 is 6.09 Å². The Kier molecular flexibility index (Phi) is 6.58. The first kappa shape index (κ1) is 20.6. The van der Waals surface area contributed by atoms with Crippen molar-refractivity contribution in [1.29, 1.82) is 0 Å². The van der Waals surface area contributed by atoms with Gasteiger partial charge in [-0.15, -0.1) is 0 Å². The average molecular weight is 412 g/mol. The minimum atomic E-state index is -0.335. The lowest BCUT2D eigenvalue weighted by atomic mass is 9.89. The van der Waals surface area contributed by atoms with Gasteiger partial charge < -0.3 is 4.74 Å². The van der Waals surface area contributed by atoms with Gasteiger partial charge in [0.05, 0.1) is 0 Å². The van der Waals surface area contributed by atoms with E-state index in [0.717, 1.165) is 29.5 Å². The lowest BCUT2D eigenvalue weighted by Gasteiger charge is -2.26. The number of benzene rings is 3. The summed E-state index contributed by atoms with van der Waals surface area (Å²) >= 11 is 0. The largest absolute Gasteiger partial charge is 0.444 e. The monoisotopic (exact) mass is 411 g/mol. The van der Waals surface area contributed by atoms with Crippen LogP contribution in [0.5, 0.6) is 0 Å². The molecule has 4 heteroatoms. The molecule has 0 saturated heterocycles. The molecule has 1 amide bonds. The van der Waals surface area contributed by atoms with Crippen LogP contribution in [-0.2, 0) is 17.8 Å². The molecule has 0 aliphatic carbocycles. The van der Waals surface area contributed by atoms with E-state index in [1.165, 1.54) is 0 Å². The molecule has 0 saturated carbocycles. The van der Waals surface area contributed by atoms with Crippen molar-refractivity contribution in [2.45, 2.75) is 19.4 Å². The number of ketones is 1. The van der Waals surface area contributed by atoms with Crippen molar-refractivity contribution in [3.05, 3.63) is 119 Å². The molecule has 4 rings (SSSR count). The first-order valence-electron chi connectivity index (χ1n) is 10.5. The number of hydrogen-bond acceptors (Lipinski definition) is 3. The summed E-state index contributed by atoms with van der Waals surface area (Å²) in [6.45, 7) is 0.867. The van der Waals surface area contributed by atoms with Crippen LogP contribution in [0.1, 0.15) is 33.5 Å². The second-order valence-electron chi connectivity index (χ2n) is 7.68. The van der Waals surface area contributed by atoms with E-state index >= 15 is 0 Å². The molecule has 0 N–H and O–H groups in total. The molecule has 31 heavy (non-hydrogen) atoms. The Morgan fingerprint density at radius 1 is 0.871 bits per heavy atom. The maximum Gasteiger partial charge on any atom is 0.414 e. The van der Waals surface area contributed by atoms with Crippen LogP contribution in [0.4, 0.5) is 4.79 Å². The summed E-state index contributed by atoms with van der Waals surface area (Å²) in [6, 6.07) is 26.8. The quantitative estimate of drug-likeness (QED) is 0.494. The van der Waals surface area contributed by atoms with Crippen molar-refractivity contribution in [2.75, 3.05) is 6.54 Å². The molecule has 0 fully saturated rings. The number of rotatable bonds is 6. The Bertz CT molecular complexity index is 1060. The van der Waals surface area contributed by atoms with Gasteiger partial charge in [-0.25, -0.2) is 4.79 Å². The van der Waals surface area contributed by atoms with Crippen molar-refractivity contribution in [3.8, 4) is 0 Å². The van der Waals surface area contributed by atoms with Gasteiger partial charge in [-0.05, 0) is 29.9 Å². The lowest BCUT2D eigenvalue weighted by molar-refractivity contribution is 0.103. The molecule has 3 aromatic rings. The zero-order chi connectivity index (χ0) is 21.5. The number of carbonyl (C=O) groups is 2. The van der Waals surface area contributed by atoms with Gasteiger partial charge in [0.25, 0.3) is 0 Å². The molecule has 1 heterocycles. The third-order valence-electron chi connectivity index (χ3n) is 5.50. The van der Waals surface area contributed by atoms with E-state index in [4.69, 9.17) is 4.74 Å². The van der Waals surface area contributed by atoms with Gasteiger partial charge in [0.15, 0.2) is 5.78 Å². The van der Waals surface area contributed by atoms with E-state index in [1.807, 2.05) is 97.2 Å². The molecule has 0 radical (unpaired) electrons. The standard InChI is InChI=1S/C27H25NO3/c29-26(23-11-5-2-6-12-23)25-14-8-7-13-24(25)19-21-15-17-28(18-16-21)27(30)31-20-22-9-3-1-4-10-22/h1-15,17,21H,16,18-20H2/t21-/m0/s1. The first-order chi connectivity index (χ1) is 15.2. The minimum absolute atomic E-state index is 0.0436. The highest BCUT2D eigenvalue weighted by Crippen LogP contribution is 2.23. The maximum absolute atomic E-state index is 13.0. The summed E-state index contributed by atoms with van der Waals surface area (Å²) in [5.74, 6) is 0.310. The van der Waals surface area contributed by atoms with Gasteiger partial charge in [0, 0.05) is 23.9 Å². The van der Waals surface area contributed by atoms with E-state index in [0.29, 0.717) is 12.1 Å². The van der Waals surface area contributed by atoms with E-state index in [-0.39, 0.29) is 24.4 Å². The van der Waals surface area contributed by atoms with Crippen molar-refractivity contribution in [3.63, 3.8) is 0 Å². The van der Waals surface area contributed by atoms with Crippen molar-refractivity contribution in [2.24, 2.45) is 5.92 Å². The number of nitrogens with zero attached hydrogens (tertiary/aromatic N) is 1. The molecule has 1 aliphatic heterocycles. The van der Waals surface area contributed by atoms with Gasteiger partial charge in [-0.1, -0.05) is 91.0 Å². The number of ether oxygens (including phenoxy) is 1. The fourth-order valence-corrected chi connectivity index (χ4v) is 3.77. The second kappa shape index (κ2) is 9.90. The molecule has 1 atom stereocenters. The summed E-state index contributed by atoms with van der Waals surface area (Å²) in [4.78, 5) is 26.9. The van der Waals surface area contributed by atoms with E-state index in [2.05, 4.69) is 0 Å². The fourth-order valence-electron chi connectivity index (χ4n) is 3.77. The first-order valence-corrected chi connectivity index (χ1v) is 10.5. The summed E-state index contributed by atoms with van der Waals surface area (Å²) in [7, 11) is 0. The molecule has 0 aromatic heterocycles. The van der Waals surface area contributed by atoms with Crippen LogP contribution in [0.2, 0.25) is 0 Å². The molecule has 1 aliphatic rings. The van der Waals surface area contributed by atoms with Crippen LogP contribution < -0.4 is 0 Å². The zero-order valence-corrected chi connectivity index (χ0v) is 17.3. The number of carbonyl (C=O) groups excluding carboxylic acids is 2. The van der Waals surface area contributed by atoms with Crippen LogP contribution in [0.25, 0.3) is 0 Å². The smallest absolute Gasteiger partial charge is 0.414 e. The molecule has 3 aromatic carbocycles. The third-order valence-corrected chi connectivity index (χ3v) is 5.50. The molecule has 4 nitrogen and oxygen atoms in total. The highest BCUT2D eigenvalue weighted by Gasteiger charge is 2.21. The van der Waals surface area contributed by atoms with E-state index < -0.39 is 0 Å². The molecule has 156 valence electrons. The van der Waals surface area contributed by atoms with Crippen LogP contribution in [0, 0.1) is 5.92 Å². The van der Waals surface area contributed by atoms with E-state index in [9.17, 15) is 9.59 Å². The molecule has 0 unspecified atom stereocenters. The Morgan fingerprint density at radius 3 is 2.26 bits per heavy atom. The third kappa shape index (κ3) is 5.28. The molecule has 0 bridgehead atoms. The fraction of sp³-hybridized carbons (Fsp3) is 0.185. The summed E-state index contributed by atoms with van der Waals surface area (Å²) in [5, 5.41) is 0. The molecule has 0 spiro atoms. The zero-order valence-electron chi connectivity index (χ0n) is 17.3. The number of hydrogen-bond donors (Lipinski definition) is 0. The topological polar surface area (TPSA) is 46.6 Å². The number of allylic oxidation sites excluding steroid dienone is 1. The van der Waals surface area contributed by atoms with Gasteiger partial charge in [0.2, 0.25) is 0 Å². The van der Waals surface area contributed by atoms with Gasteiger partial charge in [-0.3, -0.25) is 9.69 Å². The van der Waals surface area contributed by atoms with Crippen molar-refractivity contribution in [1.82, 2.24) is 4.90 Å². The minimum Gasteiger partial charge on any atom is -0.444 e. The van der Waals surface area contributed by atoms with Gasteiger partial charge in [-0.2, -0.15) is 0 Å². The van der Waals surface area contributed by atoms with Crippen LogP contribution >= 0.6 is 0 Å². The van der Waals surface area contributed by atoms with Crippen LogP contribution in [0.15, 0.2) is 97.2 Å². The average Bonchev–Trinajstić information content (AvgIpc) is 2.84. The highest BCUT2D eigenvalue weighted by molar-refractivity contribution is 6.09. The Balaban J connectivity index is 1.37. The highest BCUT2D eigenvalue weighted by atomic mass is 16.6. The van der Waals surface area contributed by atoms with Crippen LogP contribution in [0.3, 0.4) is 0 Å². The Hall–Kier alpha value is -3.66. The predicted molar refractivity (Wildman–Crippen MR) is 121 cm³/mol. The molecular formula is C27H25NO3.